The number of rotatable bonds is 6. The lowest BCUT2D eigenvalue weighted by atomic mass is 9.91. The average molecular weight is 803 g/mol. The summed E-state index contributed by atoms with van der Waals surface area (Å²) in [5.74, 6) is 0. The summed E-state index contributed by atoms with van der Waals surface area (Å²) < 4.78 is 13.6. The molecular formula is C58H46N2O2. The first-order valence-corrected chi connectivity index (χ1v) is 21.7. The van der Waals surface area contributed by atoms with E-state index in [2.05, 4.69) is 207 Å². The first-order chi connectivity index (χ1) is 30.4. The van der Waals surface area contributed by atoms with Crippen LogP contribution in [0.25, 0.3) is 76.2 Å². The van der Waals surface area contributed by atoms with Crippen LogP contribution in [0, 0.1) is 27.7 Å². The van der Waals surface area contributed by atoms with Gasteiger partial charge in [-0.3, -0.25) is 0 Å². The predicted octanol–water partition coefficient (Wildman–Crippen LogP) is 17.6. The van der Waals surface area contributed by atoms with E-state index >= 15 is 0 Å². The van der Waals surface area contributed by atoms with Crippen molar-refractivity contribution in [1.29, 1.82) is 0 Å². The topological polar surface area (TPSA) is 32.8 Å². The fourth-order valence-corrected chi connectivity index (χ4v) is 9.61. The van der Waals surface area contributed by atoms with Crippen LogP contribution >= 0.6 is 0 Å². The third-order valence-electron chi connectivity index (χ3n) is 12.6. The number of fused-ring (bicyclic) bond motifs is 6. The van der Waals surface area contributed by atoms with Crippen molar-refractivity contribution in [3.8, 4) is 0 Å². The molecule has 300 valence electrons. The maximum absolute atomic E-state index is 6.82. The van der Waals surface area contributed by atoms with Crippen LogP contribution in [0.1, 0.15) is 36.1 Å². The molecule has 0 saturated carbocycles. The molecule has 0 aliphatic carbocycles. The van der Waals surface area contributed by atoms with Gasteiger partial charge in [-0.1, -0.05) is 146 Å². The number of para-hydroxylation sites is 4. The van der Waals surface area contributed by atoms with E-state index in [1.165, 1.54) is 43.4 Å². The zero-order valence-corrected chi connectivity index (χ0v) is 35.9. The molecule has 0 saturated heterocycles. The second-order valence-corrected chi connectivity index (χ2v) is 16.3. The average Bonchev–Trinajstić information content (AvgIpc) is 3.90. The van der Waals surface area contributed by atoms with Gasteiger partial charge in [-0.05, 0) is 109 Å². The van der Waals surface area contributed by atoms with Crippen molar-refractivity contribution in [1.82, 2.24) is 0 Å². The molecule has 10 aromatic carbocycles. The lowest BCUT2D eigenvalue weighted by Gasteiger charge is -2.29. The molecular weight excluding hydrogens is 757 g/mol. The van der Waals surface area contributed by atoms with E-state index in [1.54, 1.807) is 0 Å². The second kappa shape index (κ2) is 14.6. The molecule has 0 N–H and O–H groups in total. The van der Waals surface area contributed by atoms with Crippen LogP contribution < -0.4 is 9.80 Å². The number of hydrogen-bond donors (Lipinski definition) is 0. The predicted molar refractivity (Wildman–Crippen MR) is 264 cm³/mol. The van der Waals surface area contributed by atoms with E-state index < -0.39 is 0 Å². The second-order valence-electron chi connectivity index (χ2n) is 16.3. The van der Waals surface area contributed by atoms with Crippen LogP contribution in [-0.2, 0) is 0 Å². The summed E-state index contributed by atoms with van der Waals surface area (Å²) in [6.07, 6.45) is 0. The summed E-state index contributed by atoms with van der Waals surface area (Å²) in [4.78, 5) is 4.77. The third-order valence-corrected chi connectivity index (χ3v) is 12.6. The van der Waals surface area contributed by atoms with Gasteiger partial charge in [-0.15, -0.1) is 0 Å². The zero-order valence-electron chi connectivity index (χ0n) is 35.9. The van der Waals surface area contributed by atoms with Gasteiger partial charge < -0.3 is 18.6 Å². The molecule has 2 aromatic heterocycles. The molecule has 0 bridgehead atoms. The number of nitrogens with zero attached hydrogens (tertiary/aromatic N) is 2. The van der Waals surface area contributed by atoms with Crippen molar-refractivity contribution in [2.45, 2.75) is 41.5 Å². The van der Waals surface area contributed by atoms with Gasteiger partial charge in [-0.2, -0.15) is 0 Å². The smallest absolute Gasteiger partial charge is 0.159 e. The minimum atomic E-state index is 0.874. The molecule has 2 heterocycles. The minimum absolute atomic E-state index is 0.874. The third kappa shape index (κ3) is 5.67. The lowest BCUT2D eigenvalue weighted by Crippen LogP contribution is -2.12. The number of furan rings is 2. The normalized spacial score (nSPS) is 11.7. The zero-order chi connectivity index (χ0) is 42.2. The Bertz CT molecular complexity index is 3410. The molecule has 12 aromatic rings. The van der Waals surface area contributed by atoms with Crippen LogP contribution in [0.15, 0.2) is 179 Å². The largest absolute Gasteiger partial charge is 0.454 e. The molecule has 0 aliphatic rings. The van der Waals surface area contributed by atoms with Crippen LogP contribution in [0.3, 0.4) is 0 Å². The van der Waals surface area contributed by atoms with Gasteiger partial charge in [0.2, 0.25) is 0 Å². The van der Waals surface area contributed by atoms with Gasteiger partial charge in [0.25, 0.3) is 0 Å². The summed E-state index contributed by atoms with van der Waals surface area (Å²) in [5.41, 5.74) is 14.6. The van der Waals surface area contributed by atoms with Crippen molar-refractivity contribution in [3.63, 3.8) is 0 Å². The Labute approximate surface area is 361 Å². The van der Waals surface area contributed by atoms with Crippen LogP contribution in [0.4, 0.5) is 34.1 Å². The molecule has 0 atom stereocenters. The molecule has 62 heavy (non-hydrogen) atoms. The van der Waals surface area contributed by atoms with Crippen LogP contribution in [0.5, 0.6) is 0 Å². The molecule has 0 amide bonds. The number of hydrogen-bond acceptors (Lipinski definition) is 4. The summed E-state index contributed by atoms with van der Waals surface area (Å²) >= 11 is 0. The monoisotopic (exact) mass is 802 g/mol. The summed E-state index contributed by atoms with van der Waals surface area (Å²) in [5, 5.41) is 11.7. The Morgan fingerprint density at radius 3 is 1.06 bits per heavy atom. The molecule has 0 spiro atoms. The van der Waals surface area contributed by atoms with Gasteiger partial charge in [0.1, 0.15) is 11.2 Å². The van der Waals surface area contributed by atoms with Crippen molar-refractivity contribution < 1.29 is 8.83 Å². The van der Waals surface area contributed by atoms with E-state index in [0.29, 0.717) is 0 Å². The Morgan fingerprint density at radius 1 is 0.306 bits per heavy atom. The molecule has 0 unspecified atom stereocenters. The molecule has 0 fully saturated rings. The fraction of sp³-hybridized carbons (Fsp3) is 0.103. The van der Waals surface area contributed by atoms with Gasteiger partial charge in [-0.25, -0.2) is 0 Å². The van der Waals surface area contributed by atoms with Crippen molar-refractivity contribution in [2.24, 2.45) is 0 Å². The number of benzene rings is 10. The van der Waals surface area contributed by atoms with Gasteiger partial charge in [0.05, 0.1) is 22.7 Å². The molecule has 4 heteroatoms. The fourth-order valence-electron chi connectivity index (χ4n) is 9.61. The minimum Gasteiger partial charge on any atom is -0.454 e. The van der Waals surface area contributed by atoms with E-state index in [1.807, 2.05) is 13.8 Å². The summed E-state index contributed by atoms with van der Waals surface area (Å²) in [6, 6.07) is 61.8. The highest BCUT2D eigenvalue weighted by atomic mass is 16.3. The van der Waals surface area contributed by atoms with Crippen molar-refractivity contribution in [3.05, 3.63) is 192 Å². The highest BCUT2D eigenvalue weighted by molar-refractivity contribution is 6.28. The van der Waals surface area contributed by atoms with E-state index in [9.17, 15) is 0 Å². The Kier molecular flexibility index (Phi) is 8.80. The van der Waals surface area contributed by atoms with Gasteiger partial charge in [0, 0.05) is 43.7 Å². The highest BCUT2D eigenvalue weighted by Crippen LogP contribution is 2.50. The molecule has 12 rings (SSSR count). The van der Waals surface area contributed by atoms with Crippen LogP contribution in [-0.4, -0.2) is 0 Å². The molecule has 0 aliphatic heterocycles. The maximum Gasteiger partial charge on any atom is 0.159 e. The quantitative estimate of drug-likeness (QED) is 0.157. The Balaban J connectivity index is 0.00000213. The lowest BCUT2D eigenvalue weighted by molar-refractivity contribution is 0.665. The first kappa shape index (κ1) is 37.4. The first-order valence-electron chi connectivity index (χ1n) is 21.7. The van der Waals surface area contributed by atoms with Crippen molar-refractivity contribution in [2.75, 3.05) is 9.80 Å². The molecule has 4 nitrogen and oxygen atoms in total. The Hall–Kier alpha value is -7.56. The van der Waals surface area contributed by atoms with Crippen LogP contribution in [0.2, 0.25) is 0 Å². The van der Waals surface area contributed by atoms with Gasteiger partial charge >= 0.3 is 0 Å². The number of aryl methyl sites for hydroxylation is 4. The van der Waals surface area contributed by atoms with Gasteiger partial charge in [0.15, 0.2) is 11.2 Å². The maximum atomic E-state index is 6.82. The van der Waals surface area contributed by atoms with Crippen molar-refractivity contribution >= 4 is 110 Å². The Morgan fingerprint density at radius 2 is 0.661 bits per heavy atom. The SMILES string of the molecule is CC.Cc1ccc(N(c2ccc3ccc4c(N(c5ccc(C)cc5)c5cccc6c5oc5c(C)cccc56)ccc5ccc2c3c54)c2cccc3c2oc2c(C)cccc23)cc1. The van der Waals surface area contributed by atoms with E-state index in [4.69, 9.17) is 8.83 Å². The summed E-state index contributed by atoms with van der Waals surface area (Å²) in [7, 11) is 0. The molecule has 0 radical (unpaired) electrons. The number of anilines is 6. The summed E-state index contributed by atoms with van der Waals surface area (Å²) in [6.45, 7) is 12.5. The van der Waals surface area contributed by atoms with E-state index in [-0.39, 0.29) is 0 Å². The standard InChI is InChI=1S/C56H40N2O2.C2H6/c1-33-17-25-39(26-18-33)57(49-15-7-13-43-41-11-5-9-35(3)53(41)59-55(43)49)47-31-23-37-22-30-46-48(32-24-38-21-29-45(47)51(37)52(38)46)58(40-27-19-34(2)20-28-40)50-16-8-14-44-42-12-6-10-36(4)54(42)60-56(44)50;1-2/h5-32H,1-4H3;1-2H3. The van der Waals surface area contributed by atoms with E-state index in [0.717, 1.165) is 89.1 Å². The highest BCUT2D eigenvalue weighted by Gasteiger charge is 2.26.